The number of hydrogen-bond donors (Lipinski definition) is 2. The van der Waals surface area contributed by atoms with E-state index in [-0.39, 0.29) is 6.09 Å². The fourth-order valence-corrected chi connectivity index (χ4v) is 1.54. The molecule has 0 aromatic carbocycles. The van der Waals surface area contributed by atoms with Gasteiger partial charge in [0.15, 0.2) is 0 Å². The van der Waals surface area contributed by atoms with Gasteiger partial charge in [-0.15, -0.1) is 0 Å². The molecule has 0 bridgehead atoms. The van der Waals surface area contributed by atoms with E-state index in [1.54, 1.807) is 0 Å². The standard InChI is InChI=1S/C11H22N2O2/c1-11(2,3)15-10(14)13-7-9(6-12)8-4-5-8/h8-9H,4-7,12H2,1-3H3,(H,13,14). The Kier molecular flexibility index (Phi) is 3.97. The molecule has 1 fully saturated rings. The number of hydrogen-bond acceptors (Lipinski definition) is 3. The first kappa shape index (κ1) is 12.3. The van der Waals surface area contributed by atoms with E-state index in [4.69, 9.17) is 10.5 Å². The van der Waals surface area contributed by atoms with Crippen LogP contribution in [0.3, 0.4) is 0 Å². The van der Waals surface area contributed by atoms with Crippen LogP contribution in [0.2, 0.25) is 0 Å². The van der Waals surface area contributed by atoms with E-state index in [0.29, 0.717) is 24.9 Å². The van der Waals surface area contributed by atoms with Crippen molar-refractivity contribution in [2.45, 2.75) is 39.2 Å². The number of amides is 1. The van der Waals surface area contributed by atoms with E-state index >= 15 is 0 Å². The third-order valence-electron chi connectivity index (χ3n) is 2.50. The predicted molar refractivity (Wildman–Crippen MR) is 59.5 cm³/mol. The SMILES string of the molecule is CC(C)(C)OC(=O)NCC(CN)C1CC1. The summed E-state index contributed by atoms with van der Waals surface area (Å²) in [7, 11) is 0. The van der Waals surface area contributed by atoms with Gasteiger partial charge in [-0.2, -0.15) is 0 Å². The first-order valence-electron chi connectivity index (χ1n) is 5.59. The van der Waals surface area contributed by atoms with Crippen LogP contribution in [0.25, 0.3) is 0 Å². The fourth-order valence-electron chi connectivity index (χ4n) is 1.54. The van der Waals surface area contributed by atoms with Crippen molar-refractivity contribution in [1.82, 2.24) is 5.32 Å². The van der Waals surface area contributed by atoms with Crippen LogP contribution in [0.1, 0.15) is 33.6 Å². The Morgan fingerprint density at radius 3 is 2.53 bits per heavy atom. The lowest BCUT2D eigenvalue weighted by atomic mass is 10.0. The quantitative estimate of drug-likeness (QED) is 0.745. The highest BCUT2D eigenvalue weighted by atomic mass is 16.6. The highest BCUT2D eigenvalue weighted by molar-refractivity contribution is 5.67. The zero-order chi connectivity index (χ0) is 11.5. The molecule has 0 aliphatic heterocycles. The number of carbonyl (C=O) groups excluding carboxylic acids is 1. The molecule has 1 rings (SSSR count). The lowest BCUT2D eigenvalue weighted by molar-refractivity contribution is 0.0518. The summed E-state index contributed by atoms with van der Waals surface area (Å²) in [5.41, 5.74) is 5.21. The van der Waals surface area contributed by atoms with Crippen LogP contribution < -0.4 is 11.1 Å². The molecule has 88 valence electrons. The van der Waals surface area contributed by atoms with Crippen molar-refractivity contribution < 1.29 is 9.53 Å². The minimum absolute atomic E-state index is 0.346. The lowest BCUT2D eigenvalue weighted by Crippen LogP contribution is -2.37. The fraction of sp³-hybridized carbons (Fsp3) is 0.909. The van der Waals surface area contributed by atoms with Gasteiger partial charge in [-0.05, 0) is 52.0 Å². The third-order valence-corrected chi connectivity index (χ3v) is 2.50. The van der Waals surface area contributed by atoms with E-state index in [2.05, 4.69) is 5.32 Å². The summed E-state index contributed by atoms with van der Waals surface area (Å²) >= 11 is 0. The van der Waals surface area contributed by atoms with Crippen molar-refractivity contribution >= 4 is 6.09 Å². The van der Waals surface area contributed by atoms with Gasteiger partial charge in [0, 0.05) is 6.54 Å². The molecule has 1 aliphatic rings. The van der Waals surface area contributed by atoms with Crippen LogP contribution in [0.15, 0.2) is 0 Å². The van der Waals surface area contributed by atoms with Gasteiger partial charge in [-0.25, -0.2) is 4.79 Å². The summed E-state index contributed by atoms with van der Waals surface area (Å²) < 4.78 is 5.14. The number of carbonyl (C=O) groups is 1. The maximum absolute atomic E-state index is 11.3. The average Bonchev–Trinajstić information content (AvgIpc) is 2.85. The molecular weight excluding hydrogens is 192 g/mol. The highest BCUT2D eigenvalue weighted by Crippen LogP contribution is 2.35. The largest absolute Gasteiger partial charge is 0.444 e. The molecule has 0 saturated heterocycles. The van der Waals surface area contributed by atoms with Crippen LogP contribution in [-0.2, 0) is 4.74 Å². The van der Waals surface area contributed by atoms with Gasteiger partial charge in [0.05, 0.1) is 0 Å². The average molecular weight is 214 g/mol. The molecular formula is C11H22N2O2. The second-order valence-corrected chi connectivity index (χ2v) is 5.22. The Labute approximate surface area is 91.5 Å². The normalized spacial score (nSPS) is 18.4. The van der Waals surface area contributed by atoms with Crippen LogP contribution >= 0.6 is 0 Å². The molecule has 1 unspecified atom stereocenters. The van der Waals surface area contributed by atoms with Gasteiger partial charge in [-0.3, -0.25) is 0 Å². The minimum atomic E-state index is -0.429. The van der Waals surface area contributed by atoms with Crippen LogP contribution in [0.5, 0.6) is 0 Å². The second-order valence-electron chi connectivity index (χ2n) is 5.22. The molecule has 0 heterocycles. The zero-order valence-corrected chi connectivity index (χ0v) is 9.88. The van der Waals surface area contributed by atoms with E-state index in [1.165, 1.54) is 12.8 Å². The number of alkyl carbamates (subject to hydrolysis) is 1. The van der Waals surface area contributed by atoms with Gasteiger partial charge in [0.25, 0.3) is 0 Å². The molecule has 1 amide bonds. The third kappa shape index (κ3) is 5.02. The van der Waals surface area contributed by atoms with Crippen molar-refractivity contribution in [3.8, 4) is 0 Å². The molecule has 0 spiro atoms. The molecule has 0 aromatic heterocycles. The maximum atomic E-state index is 11.3. The van der Waals surface area contributed by atoms with E-state index < -0.39 is 5.60 Å². The van der Waals surface area contributed by atoms with Crippen LogP contribution in [0.4, 0.5) is 4.79 Å². The molecule has 4 nitrogen and oxygen atoms in total. The topological polar surface area (TPSA) is 64.3 Å². The van der Waals surface area contributed by atoms with Gasteiger partial charge in [0.2, 0.25) is 0 Å². The van der Waals surface area contributed by atoms with Crippen molar-refractivity contribution in [3.05, 3.63) is 0 Å². The van der Waals surface area contributed by atoms with E-state index in [1.807, 2.05) is 20.8 Å². The Bertz CT molecular complexity index is 219. The monoisotopic (exact) mass is 214 g/mol. The van der Waals surface area contributed by atoms with Crippen molar-refractivity contribution in [3.63, 3.8) is 0 Å². The molecule has 1 atom stereocenters. The molecule has 0 radical (unpaired) electrons. The first-order chi connectivity index (χ1) is 6.92. The number of nitrogens with two attached hydrogens (primary N) is 1. The summed E-state index contributed by atoms with van der Waals surface area (Å²) in [5.74, 6) is 1.13. The Morgan fingerprint density at radius 2 is 2.13 bits per heavy atom. The van der Waals surface area contributed by atoms with E-state index in [9.17, 15) is 4.79 Å². The Morgan fingerprint density at radius 1 is 1.53 bits per heavy atom. The summed E-state index contributed by atoms with van der Waals surface area (Å²) in [6.45, 7) is 6.84. The smallest absolute Gasteiger partial charge is 0.407 e. The molecule has 1 saturated carbocycles. The molecule has 0 aromatic rings. The summed E-state index contributed by atoms with van der Waals surface area (Å²) in [4.78, 5) is 11.3. The molecule has 3 N–H and O–H groups in total. The molecule has 15 heavy (non-hydrogen) atoms. The number of ether oxygens (including phenoxy) is 1. The predicted octanol–water partition coefficient (Wildman–Crippen LogP) is 1.50. The maximum Gasteiger partial charge on any atom is 0.407 e. The van der Waals surface area contributed by atoms with Crippen LogP contribution in [0, 0.1) is 11.8 Å². The van der Waals surface area contributed by atoms with E-state index in [0.717, 1.165) is 0 Å². The van der Waals surface area contributed by atoms with Gasteiger partial charge in [-0.1, -0.05) is 0 Å². The lowest BCUT2D eigenvalue weighted by Gasteiger charge is -2.21. The van der Waals surface area contributed by atoms with Gasteiger partial charge < -0.3 is 15.8 Å². The van der Waals surface area contributed by atoms with Crippen molar-refractivity contribution in [1.29, 1.82) is 0 Å². The van der Waals surface area contributed by atoms with Crippen molar-refractivity contribution in [2.75, 3.05) is 13.1 Å². The number of nitrogens with one attached hydrogen (secondary N) is 1. The van der Waals surface area contributed by atoms with Crippen molar-refractivity contribution in [2.24, 2.45) is 17.6 Å². The number of rotatable bonds is 4. The summed E-state index contributed by atoms with van der Waals surface area (Å²) in [5, 5.41) is 2.77. The Hall–Kier alpha value is -0.770. The molecule has 1 aliphatic carbocycles. The second kappa shape index (κ2) is 4.84. The summed E-state index contributed by atoms with van der Waals surface area (Å²) in [6, 6.07) is 0. The first-order valence-corrected chi connectivity index (χ1v) is 5.59. The summed E-state index contributed by atoms with van der Waals surface area (Å²) in [6.07, 6.45) is 2.15. The zero-order valence-electron chi connectivity index (χ0n) is 9.88. The van der Waals surface area contributed by atoms with Gasteiger partial charge in [0.1, 0.15) is 5.60 Å². The Balaban J connectivity index is 2.20. The minimum Gasteiger partial charge on any atom is -0.444 e. The van der Waals surface area contributed by atoms with Gasteiger partial charge >= 0.3 is 6.09 Å². The van der Waals surface area contributed by atoms with Crippen LogP contribution in [-0.4, -0.2) is 24.8 Å². The molecule has 4 heteroatoms. The highest BCUT2D eigenvalue weighted by Gasteiger charge is 2.30.